The standard InChI is InChI=1S/C11H14N2O3S/c12-5-6-17-7-10(14)13-9-3-1-8(2-4-9)11(15)16/h1-4H,5-7,12H2,(H,13,14)(H,15,16). The molecule has 92 valence electrons. The average molecular weight is 254 g/mol. The molecule has 1 aromatic carbocycles. The van der Waals surface area contributed by atoms with Crippen molar-refractivity contribution in [1.82, 2.24) is 0 Å². The Morgan fingerprint density at radius 1 is 1.29 bits per heavy atom. The van der Waals surface area contributed by atoms with Gasteiger partial charge in [-0.2, -0.15) is 11.8 Å². The fraction of sp³-hybridized carbons (Fsp3) is 0.273. The van der Waals surface area contributed by atoms with Crippen molar-refractivity contribution in [2.75, 3.05) is 23.4 Å². The largest absolute Gasteiger partial charge is 0.478 e. The number of amides is 1. The second kappa shape index (κ2) is 6.93. The molecule has 1 aromatic rings. The highest BCUT2D eigenvalue weighted by molar-refractivity contribution is 7.99. The van der Waals surface area contributed by atoms with E-state index in [0.717, 1.165) is 5.75 Å². The summed E-state index contributed by atoms with van der Waals surface area (Å²) in [5.74, 6) is -0.0172. The second-order valence-electron chi connectivity index (χ2n) is 3.27. The quantitative estimate of drug-likeness (QED) is 0.659. The first kappa shape index (κ1) is 13.5. The van der Waals surface area contributed by atoms with Crippen LogP contribution in [0.4, 0.5) is 5.69 Å². The van der Waals surface area contributed by atoms with Crippen molar-refractivity contribution in [2.24, 2.45) is 5.73 Å². The molecular formula is C11H14N2O3S. The van der Waals surface area contributed by atoms with Crippen molar-refractivity contribution in [3.8, 4) is 0 Å². The van der Waals surface area contributed by atoms with Gasteiger partial charge < -0.3 is 16.2 Å². The third-order valence-electron chi connectivity index (χ3n) is 1.91. The molecule has 17 heavy (non-hydrogen) atoms. The number of carboxylic acids is 1. The molecule has 1 amide bonds. The molecule has 6 heteroatoms. The molecule has 0 atom stereocenters. The summed E-state index contributed by atoms with van der Waals surface area (Å²) in [6.45, 7) is 0.547. The third-order valence-corrected chi connectivity index (χ3v) is 2.90. The summed E-state index contributed by atoms with van der Waals surface area (Å²) in [5, 5.41) is 11.4. The zero-order valence-electron chi connectivity index (χ0n) is 9.18. The van der Waals surface area contributed by atoms with Gasteiger partial charge in [0.15, 0.2) is 0 Å². The molecule has 0 radical (unpaired) electrons. The van der Waals surface area contributed by atoms with Crippen molar-refractivity contribution in [3.63, 3.8) is 0 Å². The smallest absolute Gasteiger partial charge is 0.335 e. The van der Waals surface area contributed by atoms with Gasteiger partial charge in [0.1, 0.15) is 0 Å². The van der Waals surface area contributed by atoms with Crippen molar-refractivity contribution in [3.05, 3.63) is 29.8 Å². The van der Waals surface area contributed by atoms with Gasteiger partial charge in [-0.3, -0.25) is 4.79 Å². The number of anilines is 1. The van der Waals surface area contributed by atoms with Crippen LogP contribution in [-0.2, 0) is 4.79 Å². The molecule has 4 N–H and O–H groups in total. The number of benzene rings is 1. The predicted molar refractivity (Wildman–Crippen MR) is 68.4 cm³/mol. The lowest BCUT2D eigenvalue weighted by Crippen LogP contribution is -2.15. The van der Waals surface area contributed by atoms with E-state index < -0.39 is 5.97 Å². The number of hydrogen-bond acceptors (Lipinski definition) is 4. The van der Waals surface area contributed by atoms with Crippen LogP contribution in [0.15, 0.2) is 24.3 Å². The van der Waals surface area contributed by atoms with Gasteiger partial charge in [0.05, 0.1) is 11.3 Å². The second-order valence-corrected chi connectivity index (χ2v) is 4.38. The SMILES string of the molecule is NCCSCC(=O)Nc1ccc(C(=O)O)cc1. The van der Waals surface area contributed by atoms with Crippen molar-refractivity contribution in [1.29, 1.82) is 0 Å². The molecule has 0 unspecified atom stereocenters. The third kappa shape index (κ3) is 4.88. The monoisotopic (exact) mass is 254 g/mol. The van der Waals surface area contributed by atoms with Crippen molar-refractivity contribution < 1.29 is 14.7 Å². The summed E-state index contributed by atoms with van der Waals surface area (Å²) >= 11 is 1.46. The number of rotatable bonds is 6. The molecule has 0 aliphatic carbocycles. The van der Waals surface area contributed by atoms with Crippen LogP contribution in [0.2, 0.25) is 0 Å². The van der Waals surface area contributed by atoms with Crippen LogP contribution in [0.1, 0.15) is 10.4 Å². The van der Waals surface area contributed by atoms with E-state index in [0.29, 0.717) is 18.0 Å². The molecule has 0 spiro atoms. The molecule has 0 aliphatic heterocycles. The summed E-state index contributed by atoms with van der Waals surface area (Å²) in [5.41, 5.74) is 6.09. The predicted octanol–water partition coefficient (Wildman–Crippen LogP) is 1.02. The fourth-order valence-electron chi connectivity index (χ4n) is 1.14. The summed E-state index contributed by atoms with van der Waals surface area (Å²) in [7, 11) is 0. The lowest BCUT2D eigenvalue weighted by atomic mass is 10.2. The highest BCUT2D eigenvalue weighted by atomic mass is 32.2. The maximum atomic E-state index is 11.4. The minimum Gasteiger partial charge on any atom is -0.478 e. The molecule has 0 fully saturated rings. The number of nitrogens with two attached hydrogens (primary N) is 1. The lowest BCUT2D eigenvalue weighted by molar-refractivity contribution is -0.113. The van der Waals surface area contributed by atoms with E-state index in [9.17, 15) is 9.59 Å². The average Bonchev–Trinajstić information content (AvgIpc) is 2.30. The minimum absolute atomic E-state index is 0.119. The molecule has 0 heterocycles. The molecule has 1 rings (SSSR count). The van der Waals surface area contributed by atoms with Gasteiger partial charge in [-0.15, -0.1) is 0 Å². The van der Waals surface area contributed by atoms with Crippen LogP contribution in [0.3, 0.4) is 0 Å². The molecule has 0 saturated carbocycles. The van der Waals surface area contributed by atoms with E-state index in [-0.39, 0.29) is 11.5 Å². The number of nitrogens with one attached hydrogen (secondary N) is 1. The highest BCUT2D eigenvalue weighted by Gasteiger charge is 2.04. The Morgan fingerprint density at radius 2 is 1.94 bits per heavy atom. The Balaban J connectivity index is 2.46. The van der Waals surface area contributed by atoms with Crippen LogP contribution in [0, 0.1) is 0 Å². The first-order chi connectivity index (χ1) is 8.13. The zero-order chi connectivity index (χ0) is 12.7. The molecule has 0 saturated heterocycles. The van der Waals surface area contributed by atoms with Crippen LogP contribution >= 0.6 is 11.8 Å². The van der Waals surface area contributed by atoms with E-state index in [4.69, 9.17) is 10.8 Å². The Bertz CT molecular complexity index is 392. The highest BCUT2D eigenvalue weighted by Crippen LogP contribution is 2.10. The van der Waals surface area contributed by atoms with Crippen LogP contribution in [0.25, 0.3) is 0 Å². The fourth-order valence-corrected chi connectivity index (χ4v) is 1.71. The van der Waals surface area contributed by atoms with E-state index in [2.05, 4.69) is 5.32 Å². The number of aromatic carboxylic acids is 1. The van der Waals surface area contributed by atoms with Gasteiger partial charge in [0.2, 0.25) is 5.91 Å². The summed E-state index contributed by atoms with van der Waals surface area (Å²) in [6, 6.07) is 6.03. The Labute approximate surface area is 103 Å². The van der Waals surface area contributed by atoms with Gasteiger partial charge in [-0.1, -0.05) is 0 Å². The molecule has 5 nitrogen and oxygen atoms in total. The molecular weight excluding hydrogens is 240 g/mol. The molecule has 0 aliphatic rings. The van der Waals surface area contributed by atoms with E-state index >= 15 is 0 Å². The Morgan fingerprint density at radius 3 is 2.47 bits per heavy atom. The number of thioether (sulfide) groups is 1. The van der Waals surface area contributed by atoms with E-state index in [1.54, 1.807) is 12.1 Å². The number of hydrogen-bond donors (Lipinski definition) is 3. The maximum Gasteiger partial charge on any atom is 0.335 e. The van der Waals surface area contributed by atoms with Crippen molar-refractivity contribution in [2.45, 2.75) is 0 Å². The molecule has 0 bridgehead atoms. The Hall–Kier alpha value is -1.53. The Kier molecular flexibility index (Phi) is 5.51. The number of carbonyl (C=O) groups excluding carboxylic acids is 1. The van der Waals surface area contributed by atoms with Gasteiger partial charge >= 0.3 is 5.97 Å². The van der Waals surface area contributed by atoms with Crippen LogP contribution in [-0.4, -0.2) is 35.0 Å². The van der Waals surface area contributed by atoms with Gasteiger partial charge in [0.25, 0.3) is 0 Å². The van der Waals surface area contributed by atoms with Crippen LogP contribution in [0.5, 0.6) is 0 Å². The summed E-state index contributed by atoms with van der Waals surface area (Å²) in [4.78, 5) is 22.0. The van der Waals surface area contributed by atoms with E-state index in [1.165, 1.54) is 23.9 Å². The number of carbonyl (C=O) groups is 2. The zero-order valence-corrected chi connectivity index (χ0v) is 10.00. The first-order valence-electron chi connectivity index (χ1n) is 5.04. The summed E-state index contributed by atoms with van der Waals surface area (Å²) < 4.78 is 0. The van der Waals surface area contributed by atoms with E-state index in [1.807, 2.05) is 0 Å². The summed E-state index contributed by atoms with van der Waals surface area (Å²) in [6.07, 6.45) is 0. The maximum absolute atomic E-state index is 11.4. The van der Waals surface area contributed by atoms with Gasteiger partial charge in [0, 0.05) is 18.0 Å². The van der Waals surface area contributed by atoms with Crippen LogP contribution < -0.4 is 11.1 Å². The minimum atomic E-state index is -0.985. The topological polar surface area (TPSA) is 92.4 Å². The van der Waals surface area contributed by atoms with Gasteiger partial charge in [-0.05, 0) is 24.3 Å². The molecule has 0 aromatic heterocycles. The van der Waals surface area contributed by atoms with Crippen molar-refractivity contribution >= 4 is 29.3 Å². The first-order valence-corrected chi connectivity index (χ1v) is 6.20. The van der Waals surface area contributed by atoms with Gasteiger partial charge in [-0.25, -0.2) is 4.79 Å². The number of carboxylic acid groups (broad SMARTS) is 1. The lowest BCUT2D eigenvalue weighted by Gasteiger charge is -2.04. The normalized spacial score (nSPS) is 9.94.